The normalized spacial score (nSPS) is 12.9. The molecule has 2 heterocycles. The molecule has 1 aromatic carbocycles. The Balaban J connectivity index is 2.11. The fraction of sp³-hybridized carbons (Fsp3) is 0.267. The first-order chi connectivity index (χ1) is 11.9. The number of carbonyl (C=O) groups excluding carboxylic acids is 1. The van der Waals surface area contributed by atoms with Crippen LogP contribution in [0.4, 0.5) is 4.39 Å². The Morgan fingerprint density at radius 2 is 2.16 bits per heavy atom. The summed E-state index contributed by atoms with van der Waals surface area (Å²) in [6.07, 6.45) is 4.63. The zero-order valence-electron chi connectivity index (χ0n) is 13.1. The number of methoxy groups -OCH3 is 1. The number of nitrogens with zero attached hydrogens (tertiary/aromatic N) is 3. The van der Waals surface area contributed by atoms with Gasteiger partial charge in [-0.2, -0.15) is 0 Å². The molecule has 0 fully saturated rings. The third kappa shape index (κ3) is 3.46. The van der Waals surface area contributed by atoms with Crippen molar-refractivity contribution in [1.29, 1.82) is 0 Å². The Kier molecular flexibility index (Phi) is 5.47. The number of thioether (sulfide) groups is 1. The van der Waals surface area contributed by atoms with Crippen molar-refractivity contribution < 1.29 is 13.9 Å². The summed E-state index contributed by atoms with van der Waals surface area (Å²) in [6, 6.07) is 2.75. The summed E-state index contributed by atoms with van der Waals surface area (Å²) < 4.78 is 25.0. The van der Waals surface area contributed by atoms with Crippen molar-refractivity contribution in [2.75, 3.05) is 12.9 Å². The van der Waals surface area contributed by atoms with Gasteiger partial charge in [0.1, 0.15) is 5.82 Å². The predicted octanol–water partition coefficient (Wildman–Crippen LogP) is 4.47. The van der Waals surface area contributed by atoms with Crippen LogP contribution in [0.25, 0.3) is 11.9 Å². The van der Waals surface area contributed by atoms with E-state index in [2.05, 4.69) is 4.74 Å². The third-order valence-corrected chi connectivity index (χ3v) is 5.85. The molecule has 10 heteroatoms. The molecule has 1 aromatic heterocycles. The van der Waals surface area contributed by atoms with E-state index in [0.29, 0.717) is 21.0 Å². The van der Waals surface area contributed by atoms with Gasteiger partial charge in [-0.3, -0.25) is 14.0 Å². The Labute approximate surface area is 162 Å². The van der Waals surface area contributed by atoms with Crippen molar-refractivity contribution in [3.63, 3.8) is 0 Å². The molecule has 0 N–H and O–H groups in total. The van der Waals surface area contributed by atoms with Gasteiger partial charge in [-0.25, -0.2) is 9.07 Å². The fourth-order valence-electron chi connectivity index (χ4n) is 2.42. The summed E-state index contributed by atoms with van der Waals surface area (Å²) >= 11 is 18.2. The number of hydrogen-bond acceptors (Lipinski definition) is 5. The summed E-state index contributed by atoms with van der Waals surface area (Å²) in [4.78, 5) is 11.9. The van der Waals surface area contributed by atoms with Gasteiger partial charge in [0, 0.05) is 17.6 Å². The molecule has 0 atom stereocenters. The maximum atomic E-state index is 14.6. The van der Waals surface area contributed by atoms with E-state index in [1.165, 1.54) is 17.7 Å². The number of esters is 1. The molecule has 0 aliphatic carbocycles. The molecule has 0 radical (unpaired) electrons. The summed E-state index contributed by atoms with van der Waals surface area (Å²) in [5, 5.41) is 0.212. The van der Waals surface area contributed by atoms with Crippen molar-refractivity contribution in [3.8, 4) is 5.69 Å². The van der Waals surface area contributed by atoms with Crippen molar-refractivity contribution in [2.45, 2.75) is 17.9 Å². The van der Waals surface area contributed by atoms with E-state index in [-0.39, 0.29) is 16.5 Å². The molecule has 0 amide bonds. The van der Waals surface area contributed by atoms with Crippen LogP contribution < -0.4 is 0 Å². The lowest BCUT2D eigenvalue weighted by molar-refractivity contribution is -0.137. The van der Waals surface area contributed by atoms with E-state index in [0.717, 1.165) is 18.2 Å². The number of halogens is 2. The highest BCUT2D eigenvalue weighted by molar-refractivity contribution is 8.00. The average molecular weight is 418 g/mol. The lowest BCUT2D eigenvalue weighted by atomic mass is 10.3. The second-order valence-electron chi connectivity index (χ2n) is 5.14. The first-order valence-corrected chi connectivity index (χ1v) is 9.42. The molecule has 0 saturated heterocycles. The minimum absolute atomic E-state index is 0.0666. The van der Waals surface area contributed by atoms with Gasteiger partial charge in [0.25, 0.3) is 0 Å². The number of hydrogen-bond donors (Lipinski definition) is 0. The topological polar surface area (TPSA) is 41.1 Å². The van der Waals surface area contributed by atoms with Crippen LogP contribution in [0.2, 0.25) is 5.02 Å². The van der Waals surface area contributed by atoms with Crippen LogP contribution >= 0.6 is 47.8 Å². The predicted molar refractivity (Wildman–Crippen MR) is 101 cm³/mol. The van der Waals surface area contributed by atoms with Gasteiger partial charge >= 0.3 is 5.97 Å². The highest BCUT2D eigenvalue weighted by Gasteiger charge is 2.18. The molecular formula is C15H13ClFN3O2S3. The van der Waals surface area contributed by atoms with Crippen molar-refractivity contribution in [3.05, 3.63) is 38.6 Å². The van der Waals surface area contributed by atoms with Crippen LogP contribution in [0.3, 0.4) is 0 Å². The summed E-state index contributed by atoms with van der Waals surface area (Å²) in [7, 11) is 1.31. The van der Waals surface area contributed by atoms with E-state index >= 15 is 0 Å². The Morgan fingerprint density at radius 3 is 2.84 bits per heavy atom. The van der Waals surface area contributed by atoms with Crippen LogP contribution in [-0.4, -0.2) is 32.8 Å². The maximum absolute atomic E-state index is 14.6. The second kappa shape index (κ2) is 7.45. The molecule has 0 spiro atoms. The van der Waals surface area contributed by atoms with Gasteiger partial charge in [0.2, 0.25) is 9.54 Å². The lowest BCUT2D eigenvalue weighted by Crippen LogP contribution is -2.11. The molecule has 3 rings (SSSR count). The smallest absolute Gasteiger partial charge is 0.315 e. The largest absolute Gasteiger partial charge is 0.468 e. The summed E-state index contributed by atoms with van der Waals surface area (Å²) in [6.45, 7) is 0.672. The second-order valence-corrected chi connectivity index (χ2v) is 7.30. The Bertz CT molecular complexity index is 993. The van der Waals surface area contributed by atoms with Gasteiger partial charge in [-0.15, -0.1) is 11.8 Å². The van der Waals surface area contributed by atoms with Crippen molar-refractivity contribution >= 4 is 60.0 Å². The number of fused-ring (bicyclic) bond motifs is 1. The number of ether oxygens (including phenoxy) is 1. The molecule has 25 heavy (non-hydrogen) atoms. The first-order valence-electron chi connectivity index (χ1n) is 7.24. The molecule has 1 aliphatic heterocycles. The molecule has 5 nitrogen and oxygen atoms in total. The number of rotatable bonds is 4. The number of aromatic nitrogens is 3. The van der Waals surface area contributed by atoms with Crippen LogP contribution in [-0.2, 0) is 16.1 Å². The fourth-order valence-corrected chi connectivity index (χ4v) is 4.28. The SMILES string of the molecule is COC(=O)CSc1cc(-n2c(=S)n3n(c2=S)CCC=C3)c(F)cc1Cl. The zero-order valence-corrected chi connectivity index (χ0v) is 16.3. The molecule has 0 unspecified atom stereocenters. The lowest BCUT2D eigenvalue weighted by Gasteiger charge is -2.09. The maximum Gasteiger partial charge on any atom is 0.315 e. The number of carbonyl (C=O) groups is 1. The third-order valence-electron chi connectivity index (χ3n) is 3.63. The van der Waals surface area contributed by atoms with Crippen molar-refractivity contribution in [1.82, 2.24) is 13.9 Å². The van der Waals surface area contributed by atoms with Gasteiger partial charge in [0.15, 0.2) is 0 Å². The minimum atomic E-state index is -0.540. The van der Waals surface area contributed by atoms with Crippen LogP contribution in [0.1, 0.15) is 6.42 Å². The molecule has 1 aliphatic rings. The number of benzene rings is 1. The average Bonchev–Trinajstić information content (AvgIpc) is 2.86. The van der Waals surface area contributed by atoms with E-state index in [1.807, 2.05) is 17.0 Å². The summed E-state index contributed by atoms with van der Waals surface area (Å²) in [5.74, 6) is -0.869. The monoisotopic (exact) mass is 417 g/mol. The van der Waals surface area contributed by atoms with Gasteiger partial charge in [-0.1, -0.05) is 17.7 Å². The van der Waals surface area contributed by atoms with E-state index in [1.54, 1.807) is 10.7 Å². The molecule has 0 saturated carbocycles. The van der Waals surface area contributed by atoms with Gasteiger partial charge in [0.05, 0.1) is 23.6 Å². The Morgan fingerprint density at radius 1 is 1.40 bits per heavy atom. The van der Waals surface area contributed by atoms with Crippen LogP contribution in [0, 0.1) is 15.4 Å². The van der Waals surface area contributed by atoms with E-state index in [9.17, 15) is 9.18 Å². The highest BCUT2D eigenvalue weighted by atomic mass is 35.5. The molecular weight excluding hydrogens is 405 g/mol. The zero-order chi connectivity index (χ0) is 18.1. The highest BCUT2D eigenvalue weighted by Crippen LogP contribution is 2.32. The Hall–Kier alpha value is -1.42. The first kappa shape index (κ1) is 18.4. The van der Waals surface area contributed by atoms with Crippen molar-refractivity contribution in [2.24, 2.45) is 0 Å². The van der Waals surface area contributed by atoms with Gasteiger partial charge < -0.3 is 4.74 Å². The quantitative estimate of drug-likeness (QED) is 0.417. The number of allylic oxidation sites excluding steroid dienone is 1. The van der Waals surface area contributed by atoms with Crippen LogP contribution in [0.15, 0.2) is 23.1 Å². The molecule has 2 aromatic rings. The van der Waals surface area contributed by atoms with E-state index < -0.39 is 11.8 Å². The van der Waals surface area contributed by atoms with E-state index in [4.69, 9.17) is 36.0 Å². The van der Waals surface area contributed by atoms with Crippen LogP contribution in [0.5, 0.6) is 0 Å². The molecule has 132 valence electrons. The minimum Gasteiger partial charge on any atom is -0.468 e. The summed E-state index contributed by atoms with van der Waals surface area (Å²) in [5.41, 5.74) is 0.203. The standard InChI is InChI=1S/C15H13ClFN3O2S3/c1-22-13(21)8-25-12-7-11(10(17)6-9(12)16)20-14(23)18-4-2-3-5-19(18)15(20)24/h2,4,6-7H,3,5,8H2,1H3. The van der Waals surface area contributed by atoms with Gasteiger partial charge in [-0.05, 0) is 43.0 Å². The molecule has 0 bridgehead atoms.